The molecule has 0 aliphatic carbocycles. The Morgan fingerprint density at radius 3 is 2.80 bits per heavy atom. The lowest BCUT2D eigenvalue weighted by molar-refractivity contribution is -0.186. The molecular weight excluding hydrogens is 196 g/mol. The van der Waals surface area contributed by atoms with E-state index in [2.05, 4.69) is 0 Å². The summed E-state index contributed by atoms with van der Waals surface area (Å²) in [6, 6.07) is 0. The lowest BCUT2D eigenvalue weighted by Gasteiger charge is -2.30. The van der Waals surface area contributed by atoms with E-state index in [0.29, 0.717) is 6.61 Å². The molecule has 1 aliphatic rings. The molecule has 4 heteroatoms. The molecule has 15 heavy (non-hydrogen) atoms. The van der Waals surface area contributed by atoms with Crippen molar-refractivity contribution in [3.8, 4) is 0 Å². The second-order valence-electron chi connectivity index (χ2n) is 3.65. The molecule has 1 heterocycles. The van der Waals surface area contributed by atoms with E-state index in [9.17, 15) is 4.79 Å². The van der Waals surface area contributed by atoms with Gasteiger partial charge in [-0.3, -0.25) is 0 Å². The molecule has 0 bridgehead atoms. The van der Waals surface area contributed by atoms with Crippen molar-refractivity contribution in [2.45, 2.75) is 33.2 Å². The van der Waals surface area contributed by atoms with Crippen molar-refractivity contribution >= 4 is 5.97 Å². The van der Waals surface area contributed by atoms with Crippen molar-refractivity contribution in [3.05, 3.63) is 11.6 Å². The van der Waals surface area contributed by atoms with E-state index in [1.165, 1.54) is 0 Å². The number of hydrogen-bond donors (Lipinski definition) is 0. The first kappa shape index (κ1) is 12.2. The number of carbonyl (C=O) groups excluding carboxylic acids is 1. The molecule has 0 aromatic carbocycles. The zero-order chi connectivity index (χ0) is 11.4. The van der Waals surface area contributed by atoms with Crippen LogP contribution in [0.2, 0.25) is 0 Å². The van der Waals surface area contributed by atoms with Crippen LogP contribution < -0.4 is 0 Å². The van der Waals surface area contributed by atoms with E-state index in [4.69, 9.17) is 14.2 Å². The second-order valence-corrected chi connectivity index (χ2v) is 3.65. The molecule has 0 unspecified atom stereocenters. The number of rotatable bonds is 3. The van der Waals surface area contributed by atoms with Gasteiger partial charge in [0.25, 0.3) is 0 Å². The van der Waals surface area contributed by atoms with Crippen molar-refractivity contribution < 1.29 is 19.0 Å². The van der Waals surface area contributed by atoms with Gasteiger partial charge in [0.05, 0.1) is 6.61 Å². The third kappa shape index (κ3) is 2.79. The summed E-state index contributed by atoms with van der Waals surface area (Å²) in [6.45, 7) is 6.00. The Kier molecular flexibility index (Phi) is 4.29. The van der Waals surface area contributed by atoms with Gasteiger partial charge < -0.3 is 14.2 Å². The van der Waals surface area contributed by atoms with Crippen LogP contribution in [-0.2, 0) is 19.0 Å². The minimum Gasteiger partial charge on any atom is -0.464 e. The van der Waals surface area contributed by atoms with E-state index < -0.39 is 12.4 Å². The fraction of sp³-hybridized carbons (Fsp3) is 0.727. The number of esters is 1. The molecule has 0 saturated heterocycles. The first-order chi connectivity index (χ1) is 7.10. The first-order valence-corrected chi connectivity index (χ1v) is 5.13. The highest BCUT2D eigenvalue weighted by molar-refractivity contribution is 5.75. The van der Waals surface area contributed by atoms with Crippen LogP contribution in [0.15, 0.2) is 11.6 Å². The maximum Gasteiger partial charge on any atom is 0.335 e. The number of ether oxygens (including phenoxy) is 3. The zero-order valence-electron chi connectivity index (χ0n) is 9.65. The highest BCUT2D eigenvalue weighted by Crippen LogP contribution is 2.24. The molecule has 0 aromatic heterocycles. The number of hydrogen-bond acceptors (Lipinski definition) is 4. The molecule has 1 aliphatic heterocycles. The Labute approximate surface area is 90.2 Å². The summed E-state index contributed by atoms with van der Waals surface area (Å²) >= 11 is 0. The van der Waals surface area contributed by atoms with Gasteiger partial charge in [0.2, 0.25) is 0 Å². The predicted molar refractivity (Wildman–Crippen MR) is 55.2 cm³/mol. The van der Waals surface area contributed by atoms with Crippen molar-refractivity contribution in [2.24, 2.45) is 5.92 Å². The predicted octanol–water partition coefficient (Wildman–Crippen LogP) is 1.50. The van der Waals surface area contributed by atoms with Crippen LogP contribution in [0, 0.1) is 5.92 Å². The molecule has 0 saturated carbocycles. The molecule has 1 rings (SSSR count). The van der Waals surface area contributed by atoms with Gasteiger partial charge in [0.15, 0.2) is 12.4 Å². The van der Waals surface area contributed by atoms with Gasteiger partial charge in [-0.05, 0) is 19.4 Å². The van der Waals surface area contributed by atoms with Crippen LogP contribution in [0.1, 0.15) is 20.8 Å². The molecular formula is C11H18O4. The zero-order valence-corrected chi connectivity index (χ0v) is 9.65. The summed E-state index contributed by atoms with van der Waals surface area (Å²) in [6.07, 6.45) is 0.994. The number of carbonyl (C=O) groups is 1. The summed E-state index contributed by atoms with van der Waals surface area (Å²) in [5.74, 6) is -0.300. The molecule has 0 amide bonds. The summed E-state index contributed by atoms with van der Waals surface area (Å²) in [7, 11) is 1.56. The summed E-state index contributed by atoms with van der Waals surface area (Å²) in [4.78, 5) is 11.5. The minimum absolute atomic E-state index is 0.0236. The molecule has 3 atom stereocenters. The van der Waals surface area contributed by atoms with Gasteiger partial charge in [-0.1, -0.05) is 13.0 Å². The Bertz CT molecular complexity index is 259. The first-order valence-electron chi connectivity index (χ1n) is 5.13. The van der Waals surface area contributed by atoms with Crippen LogP contribution in [0.3, 0.4) is 0 Å². The topological polar surface area (TPSA) is 44.8 Å². The van der Waals surface area contributed by atoms with Gasteiger partial charge >= 0.3 is 5.97 Å². The van der Waals surface area contributed by atoms with Crippen molar-refractivity contribution in [3.63, 3.8) is 0 Å². The minimum atomic E-state index is -0.557. The van der Waals surface area contributed by atoms with E-state index in [1.54, 1.807) is 14.0 Å². The Balaban J connectivity index is 2.72. The Morgan fingerprint density at radius 2 is 2.27 bits per heavy atom. The fourth-order valence-corrected chi connectivity index (χ4v) is 1.68. The summed E-state index contributed by atoms with van der Waals surface area (Å²) in [5, 5.41) is 0. The van der Waals surface area contributed by atoms with Gasteiger partial charge in [-0.25, -0.2) is 4.79 Å². The van der Waals surface area contributed by atoms with E-state index in [-0.39, 0.29) is 11.9 Å². The molecule has 0 spiro atoms. The number of methoxy groups -OCH3 is 1. The average molecular weight is 214 g/mol. The maximum absolute atomic E-state index is 11.5. The van der Waals surface area contributed by atoms with Gasteiger partial charge in [-0.15, -0.1) is 0 Å². The van der Waals surface area contributed by atoms with Crippen LogP contribution in [0.4, 0.5) is 0 Å². The van der Waals surface area contributed by atoms with Gasteiger partial charge in [0, 0.05) is 13.0 Å². The lowest BCUT2D eigenvalue weighted by atomic mass is 9.98. The maximum atomic E-state index is 11.5. The van der Waals surface area contributed by atoms with E-state index in [1.807, 2.05) is 19.9 Å². The summed E-state index contributed by atoms with van der Waals surface area (Å²) in [5.41, 5.74) is 0.991. The second kappa shape index (κ2) is 5.28. The van der Waals surface area contributed by atoms with Gasteiger partial charge in [0.1, 0.15) is 0 Å². The average Bonchev–Trinajstić information content (AvgIpc) is 2.18. The SMILES string of the molecule is CCOC(=O)[C@H]1O[C@H](OC)C(C)=C[C@@H]1C. The van der Waals surface area contributed by atoms with E-state index in [0.717, 1.165) is 5.57 Å². The normalized spacial score (nSPS) is 30.9. The van der Waals surface area contributed by atoms with Crippen LogP contribution in [0.25, 0.3) is 0 Å². The monoisotopic (exact) mass is 214 g/mol. The molecule has 0 N–H and O–H groups in total. The Morgan fingerprint density at radius 1 is 1.60 bits per heavy atom. The smallest absolute Gasteiger partial charge is 0.335 e. The molecule has 0 fully saturated rings. The van der Waals surface area contributed by atoms with Crippen LogP contribution >= 0.6 is 0 Å². The molecule has 86 valence electrons. The highest BCUT2D eigenvalue weighted by atomic mass is 16.7. The Hall–Kier alpha value is -0.870. The van der Waals surface area contributed by atoms with Crippen molar-refractivity contribution in [1.82, 2.24) is 0 Å². The standard InChI is InChI=1S/C11H18O4/c1-5-14-10(12)9-7(2)6-8(3)11(13-4)15-9/h6-7,9,11H,5H2,1-4H3/t7-,9-,11-/m0/s1. The largest absolute Gasteiger partial charge is 0.464 e. The van der Waals surface area contributed by atoms with Gasteiger partial charge in [-0.2, -0.15) is 0 Å². The highest BCUT2D eigenvalue weighted by Gasteiger charge is 2.33. The van der Waals surface area contributed by atoms with Crippen molar-refractivity contribution in [2.75, 3.05) is 13.7 Å². The molecule has 4 nitrogen and oxygen atoms in total. The van der Waals surface area contributed by atoms with Crippen LogP contribution in [-0.4, -0.2) is 32.1 Å². The third-order valence-electron chi connectivity index (χ3n) is 2.38. The quantitative estimate of drug-likeness (QED) is 0.527. The molecule has 0 aromatic rings. The molecule has 0 radical (unpaired) electrons. The van der Waals surface area contributed by atoms with Crippen LogP contribution in [0.5, 0.6) is 0 Å². The van der Waals surface area contributed by atoms with Crippen molar-refractivity contribution in [1.29, 1.82) is 0 Å². The lowest BCUT2D eigenvalue weighted by Crippen LogP contribution is -2.40. The third-order valence-corrected chi connectivity index (χ3v) is 2.38. The fourth-order valence-electron chi connectivity index (χ4n) is 1.68. The summed E-state index contributed by atoms with van der Waals surface area (Å²) < 4.78 is 15.6. The van der Waals surface area contributed by atoms with E-state index >= 15 is 0 Å².